The lowest BCUT2D eigenvalue weighted by Crippen LogP contribution is -1.96. The van der Waals surface area contributed by atoms with Gasteiger partial charge in [0.1, 0.15) is 11.5 Å². The van der Waals surface area contributed by atoms with Crippen LogP contribution in [-0.2, 0) is 0 Å². The van der Waals surface area contributed by atoms with Gasteiger partial charge in [-0.15, -0.1) is 0 Å². The van der Waals surface area contributed by atoms with Crippen LogP contribution in [0.1, 0.15) is 10.4 Å². The molecule has 0 atom stereocenters. The molecular weight excluding hydrogens is 364 g/mol. The number of carbonyl (C=O) groups is 1. The Morgan fingerprint density at radius 1 is 1.11 bits per heavy atom. The Morgan fingerprint density at radius 2 is 1.89 bits per heavy atom. The van der Waals surface area contributed by atoms with E-state index in [4.69, 9.17) is 9.84 Å². The van der Waals surface area contributed by atoms with Crippen LogP contribution >= 0.6 is 31.9 Å². The first-order valence-corrected chi connectivity index (χ1v) is 6.61. The Hall–Kier alpha value is -1.33. The lowest BCUT2D eigenvalue weighted by Gasteiger charge is -2.08. The van der Waals surface area contributed by atoms with Crippen molar-refractivity contribution in [3.05, 3.63) is 57.0 Å². The van der Waals surface area contributed by atoms with E-state index in [1.807, 2.05) is 24.3 Å². The van der Waals surface area contributed by atoms with E-state index in [0.717, 1.165) is 4.47 Å². The number of aromatic carboxylic acids is 1. The molecule has 0 aliphatic heterocycles. The van der Waals surface area contributed by atoms with Crippen LogP contribution in [0, 0.1) is 0 Å². The zero-order valence-corrected chi connectivity index (χ0v) is 12.2. The zero-order chi connectivity index (χ0) is 13.1. The second kappa shape index (κ2) is 5.54. The third kappa shape index (κ3) is 3.11. The highest BCUT2D eigenvalue weighted by atomic mass is 79.9. The van der Waals surface area contributed by atoms with Crippen molar-refractivity contribution in [1.82, 2.24) is 0 Å². The quantitative estimate of drug-likeness (QED) is 0.850. The molecule has 18 heavy (non-hydrogen) atoms. The van der Waals surface area contributed by atoms with Gasteiger partial charge in [-0.2, -0.15) is 0 Å². The molecule has 2 rings (SSSR count). The summed E-state index contributed by atoms with van der Waals surface area (Å²) in [6.45, 7) is 0. The molecule has 0 unspecified atom stereocenters. The molecule has 2 aromatic rings. The molecule has 0 saturated carbocycles. The highest BCUT2D eigenvalue weighted by Gasteiger charge is 2.08. The molecule has 0 fully saturated rings. The molecule has 0 aromatic heterocycles. The van der Waals surface area contributed by atoms with E-state index in [0.29, 0.717) is 16.0 Å². The van der Waals surface area contributed by atoms with Gasteiger partial charge < -0.3 is 9.84 Å². The van der Waals surface area contributed by atoms with Gasteiger partial charge in [-0.1, -0.05) is 22.0 Å². The van der Waals surface area contributed by atoms with Gasteiger partial charge >= 0.3 is 5.97 Å². The highest BCUT2D eigenvalue weighted by Crippen LogP contribution is 2.31. The minimum Gasteiger partial charge on any atom is -0.478 e. The number of halogens is 2. The molecule has 0 saturated heterocycles. The van der Waals surface area contributed by atoms with Crippen LogP contribution in [0.15, 0.2) is 51.4 Å². The van der Waals surface area contributed by atoms with E-state index in [9.17, 15) is 4.79 Å². The summed E-state index contributed by atoms with van der Waals surface area (Å²) in [5, 5.41) is 8.86. The van der Waals surface area contributed by atoms with Gasteiger partial charge in [-0.05, 0) is 52.3 Å². The van der Waals surface area contributed by atoms with E-state index in [1.54, 1.807) is 6.07 Å². The maximum absolute atomic E-state index is 10.8. The molecule has 0 spiro atoms. The zero-order valence-electron chi connectivity index (χ0n) is 9.06. The smallest absolute Gasteiger partial charge is 0.335 e. The summed E-state index contributed by atoms with van der Waals surface area (Å²) >= 11 is 6.65. The first kappa shape index (κ1) is 13.1. The van der Waals surface area contributed by atoms with Crippen LogP contribution in [0.5, 0.6) is 11.5 Å². The summed E-state index contributed by atoms with van der Waals surface area (Å²) in [6, 6.07) is 12.0. The van der Waals surface area contributed by atoms with Gasteiger partial charge in [0.05, 0.1) is 10.0 Å². The molecule has 5 heteroatoms. The third-order valence-corrected chi connectivity index (χ3v) is 3.32. The molecule has 0 aliphatic carbocycles. The topological polar surface area (TPSA) is 46.5 Å². The number of benzene rings is 2. The summed E-state index contributed by atoms with van der Waals surface area (Å²) in [7, 11) is 0. The van der Waals surface area contributed by atoms with Gasteiger partial charge in [0.25, 0.3) is 0 Å². The van der Waals surface area contributed by atoms with Crippen molar-refractivity contribution in [2.45, 2.75) is 0 Å². The average Bonchev–Trinajstić information content (AvgIpc) is 2.31. The number of ether oxygens (including phenoxy) is 1. The SMILES string of the molecule is O=C(O)c1ccc(Oc2cccc(Br)c2)c(Br)c1. The summed E-state index contributed by atoms with van der Waals surface area (Å²) in [4.78, 5) is 10.8. The van der Waals surface area contributed by atoms with Crippen LogP contribution in [-0.4, -0.2) is 11.1 Å². The number of carboxylic acids is 1. The van der Waals surface area contributed by atoms with Gasteiger partial charge in [0.15, 0.2) is 0 Å². The van der Waals surface area contributed by atoms with Crippen molar-refractivity contribution in [3.63, 3.8) is 0 Å². The molecular formula is C13H8Br2O3. The van der Waals surface area contributed by atoms with Gasteiger partial charge in [0, 0.05) is 4.47 Å². The minimum atomic E-state index is -0.968. The standard InChI is InChI=1S/C13H8Br2O3/c14-9-2-1-3-10(7-9)18-12-5-4-8(13(16)17)6-11(12)15/h1-7H,(H,16,17). The predicted molar refractivity (Wildman–Crippen MR) is 75.3 cm³/mol. The van der Waals surface area contributed by atoms with Gasteiger partial charge in [-0.25, -0.2) is 4.79 Å². The van der Waals surface area contributed by atoms with Crippen molar-refractivity contribution in [1.29, 1.82) is 0 Å². The number of hydrogen-bond acceptors (Lipinski definition) is 2. The monoisotopic (exact) mass is 370 g/mol. The van der Waals surface area contributed by atoms with Gasteiger partial charge in [0.2, 0.25) is 0 Å². The van der Waals surface area contributed by atoms with E-state index in [-0.39, 0.29) is 5.56 Å². The number of carboxylic acid groups (broad SMARTS) is 1. The normalized spacial score (nSPS) is 10.1. The Labute approximate surface area is 121 Å². The lowest BCUT2D eigenvalue weighted by molar-refractivity contribution is 0.0697. The summed E-state index contributed by atoms with van der Waals surface area (Å²) in [6.07, 6.45) is 0. The predicted octanol–water partition coefficient (Wildman–Crippen LogP) is 4.70. The highest BCUT2D eigenvalue weighted by molar-refractivity contribution is 9.10. The second-order valence-corrected chi connectivity index (χ2v) is 5.28. The van der Waals surface area contributed by atoms with Crippen molar-refractivity contribution in [2.75, 3.05) is 0 Å². The number of hydrogen-bond donors (Lipinski definition) is 1. The molecule has 0 radical (unpaired) electrons. The molecule has 1 N–H and O–H groups in total. The maximum Gasteiger partial charge on any atom is 0.335 e. The molecule has 0 heterocycles. The maximum atomic E-state index is 10.8. The summed E-state index contributed by atoms with van der Waals surface area (Å²) < 4.78 is 7.17. The fourth-order valence-corrected chi connectivity index (χ4v) is 2.21. The van der Waals surface area contributed by atoms with Crippen molar-refractivity contribution < 1.29 is 14.6 Å². The number of rotatable bonds is 3. The largest absolute Gasteiger partial charge is 0.478 e. The second-order valence-electron chi connectivity index (χ2n) is 3.51. The van der Waals surface area contributed by atoms with E-state index in [1.165, 1.54) is 12.1 Å². The minimum absolute atomic E-state index is 0.212. The Balaban J connectivity index is 2.27. The average molecular weight is 372 g/mol. The summed E-state index contributed by atoms with van der Waals surface area (Å²) in [5.41, 5.74) is 0.212. The van der Waals surface area contributed by atoms with Gasteiger partial charge in [-0.3, -0.25) is 0 Å². The van der Waals surface area contributed by atoms with Crippen molar-refractivity contribution in [2.24, 2.45) is 0 Å². The molecule has 0 aliphatic rings. The first-order chi connectivity index (χ1) is 8.56. The fraction of sp³-hybridized carbons (Fsp3) is 0. The molecule has 92 valence electrons. The molecule has 0 amide bonds. The Bertz CT molecular complexity index is 597. The van der Waals surface area contributed by atoms with E-state index >= 15 is 0 Å². The molecule has 0 bridgehead atoms. The van der Waals surface area contributed by atoms with Crippen molar-refractivity contribution in [3.8, 4) is 11.5 Å². The van der Waals surface area contributed by atoms with E-state index < -0.39 is 5.97 Å². The molecule has 2 aromatic carbocycles. The molecule has 3 nitrogen and oxygen atoms in total. The Morgan fingerprint density at radius 3 is 2.50 bits per heavy atom. The summed E-state index contributed by atoms with van der Waals surface area (Å²) in [5.74, 6) is 0.274. The Kier molecular flexibility index (Phi) is 4.04. The van der Waals surface area contributed by atoms with Crippen LogP contribution in [0.4, 0.5) is 0 Å². The first-order valence-electron chi connectivity index (χ1n) is 5.02. The van der Waals surface area contributed by atoms with E-state index in [2.05, 4.69) is 31.9 Å². The van der Waals surface area contributed by atoms with Crippen LogP contribution < -0.4 is 4.74 Å². The third-order valence-electron chi connectivity index (χ3n) is 2.20. The van der Waals surface area contributed by atoms with Crippen LogP contribution in [0.2, 0.25) is 0 Å². The fourth-order valence-electron chi connectivity index (χ4n) is 1.37. The van der Waals surface area contributed by atoms with Crippen LogP contribution in [0.3, 0.4) is 0 Å². The lowest BCUT2D eigenvalue weighted by atomic mass is 10.2. The van der Waals surface area contributed by atoms with Crippen LogP contribution in [0.25, 0.3) is 0 Å². The van der Waals surface area contributed by atoms with Crippen molar-refractivity contribution >= 4 is 37.8 Å².